The summed E-state index contributed by atoms with van der Waals surface area (Å²) in [6.45, 7) is 1.85. The number of primary amides is 1. The number of ether oxygens (including phenoxy) is 3. The Hall–Kier alpha value is -4.32. The first kappa shape index (κ1) is 24.8. The largest absolute Gasteiger partial charge is 0.497 e. The molecule has 0 aliphatic carbocycles. The molecule has 4 rings (SSSR count). The fraction of sp³-hybridized carbons (Fsp3) is 0.296. The van der Waals surface area contributed by atoms with Gasteiger partial charge in [-0.2, -0.15) is 0 Å². The molecule has 186 valence electrons. The fourth-order valence-electron chi connectivity index (χ4n) is 4.25. The first-order valence-electron chi connectivity index (χ1n) is 11.4. The normalized spacial score (nSPS) is 18.8. The summed E-state index contributed by atoms with van der Waals surface area (Å²) in [5.74, 6) is 5.54. The Morgan fingerprint density at radius 1 is 1.17 bits per heavy atom. The van der Waals surface area contributed by atoms with E-state index >= 15 is 0 Å². The Balaban J connectivity index is 1.75. The molecule has 3 atom stereocenters. The van der Waals surface area contributed by atoms with Crippen LogP contribution in [0, 0.1) is 17.8 Å². The molecule has 0 radical (unpaired) electrons. The van der Waals surface area contributed by atoms with E-state index < -0.39 is 29.9 Å². The number of nitrogens with zero attached hydrogens (tertiary/aromatic N) is 1. The van der Waals surface area contributed by atoms with Gasteiger partial charge in [0.25, 0.3) is 11.8 Å². The van der Waals surface area contributed by atoms with Crippen molar-refractivity contribution in [3.8, 4) is 29.2 Å². The molecule has 3 N–H and O–H groups in total. The number of aromatic nitrogens is 1. The van der Waals surface area contributed by atoms with Crippen LogP contribution in [0.1, 0.15) is 34.8 Å². The van der Waals surface area contributed by atoms with Gasteiger partial charge in [-0.15, -0.1) is 0 Å². The lowest BCUT2D eigenvalue weighted by atomic mass is 9.97. The van der Waals surface area contributed by atoms with E-state index in [4.69, 9.17) is 19.9 Å². The molecular weight excluding hydrogens is 465 g/mol. The summed E-state index contributed by atoms with van der Waals surface area (Å²) >= 11 is 0. The van der Waals surface area contributed by atoms with E-state index in [0.717, 1.165) is 5.56 Å². The highest BCUT2D eigenvalue weighted by Crippen LogP contribution is 2.33. The predicted molar refractivity (Wildman–Crippen MR) is 132 cm³/mol. The van der Waals surface area contributed by atoms with E-state index in [0.29, 0.717) is 28.5 Å². The molecule has 1 fully saturated rings. The van der Waals surface area contributed by atoms with Crippen molar-refractivity contribution in [2.45, 2.75) is 25.6 Å². The van der Waals surface area contributed by atoms with Gasteiger partial charge in [0.2, 0.25) is 5.88 Å². The van der Waals surface area contributed by atoms with Crippen LogP contribution in [-0.4, -0.2) is 49.8 Å². The van der Waals surface area contributed by atoms with Crippen LogP contribution in [0.5, 0.6) is 17.4 Å². The van der Waals surface area contributed by atoms with Gasteiger partial charge < -0.3 is 25.3 Å². The number of amides is 2. The number of hydrogen-bond acceptors (Lipinski definition) is 6. The molecule has 0 saturated carbocycles. The van der Waals surface area contributed by atoms with Crippen LogP contribution in [0.4, 0.5) is 4.39 Å². The van der Waals surface area contributed by atoms with Gasteiger partial charge in [0.1, 0.15) is 18.1 Å². The molecule has 0 bridgehead atoms. The third-order valence-electron chi connectivity index (χ3n) is 6.19. The number of hydrogen-bond donors (Lipinski definition) is 2. The second-order valence-corrected chi connectivity index (χ2v) is 8.32. The Bertz CT molecular complexity index is 1380. The molecule has 8 nitrogen and oxygen atoms in total. The Labute approximate surface area is 207 Å². The Morgan fingerprint density at radius 3 is 2.67 bits per heavy atom. The fourth-order valence-corrected chi connectivity index (χ4v) is 4.25. The van der Waals surface area contributed by atoms with Crippen molar-refractivity contribution in [2.24, 2.45) is 11.7 Å². The van der Waals surface area contributed by atoms with Crippen molar-refractivity contribution in [1.29, 1.82) is 0 Å². The van der Waals surface area contributed by atoms with Crippen LogP contribution in [0.25, 0.3) is 10.8 Å². The van der Waals surface area contributed by atoms with Crippen molar-refractivity contribution < 1.29 is 28.2 Å². The number of halogens is 1. The van der Waals surface area contributed by atoms with E-state index in [9.17, 15) is 14.0 Å². The minimum Gasteiger partial charge on any atom is -0.497 e. The number of carbonyl (C=O) groups is 2. The summed E-state index contributed by atoms with van der Waals surface area (Å²) in [6, 6.07) is 10.0. The van der Waals surface area contributed by atoms with Crippen LogP contribution < -0.4 is 25.3 Å². The monoisotopic (exact) mass is 491 g/mol. The minimum atomic E-state index is -1.57. The maximum Gasteiger partial charge on any atom is 0.255 e. The number of rotatable bonds is 7. The molecule has 1 saturated heterocycles. The third-order valence-corrected chi connectivity index (χ3v) is 6.19. The third kappa shape index (κ3) is 4.89. The average Bonchev–Trinajstić information content (AvgIpc) is 3.17. The molecule has 2 aromatic carbocycles. The molecule has 36 heavy (non-hydrogen) atoms. The number of benzene rings is 2. The first-order chi connectivity index (χ1) is 17.4. The van der Waals surface area contributed by atoms with Gasteiger partial charge >= 0.3 is 0 Å². The molecule has 1 aromatic heterocycles. The molecule has 0 unspecified atom stereocenters. The summed E-state index contributed by atoms with van der Waals surface area (Å²) < 4.78 is 30.8. The number of fused-ring (bicyclic) bond motifs is 1. The lowest BCUT2D eigenvalue weighted by Gasteiger charge is -2.19. The van der Waals surface area contributed by atoms with Gasteiger partial charge in [0.05, 0.1) is 31.4 Å². The second-order valence-electron chi connectivity index (χ2n) is 8.32. The van der Waals surface area contributed by atoms with E-state index in [1.54, 1.807) is 25.3 Å². The van der Waals surface area contributed by atoms with Crippen LogP contribution in [0.15, 0.2) is 42.6 Å². The Kier molecular flexibility index (Phi) is 7.25. The number of pyridine rings is 1. The molecule has 2 amide bonds. The highest BCUT2D eigenvalue weighted by Gasteiger charge is 2.41. The SMILES string of the molecule is CC[C@@H]1[C@H](F)C(=O)N[C@@H]1COc1ncc(C#Cc2cccc(OC)c2)c2cc(C(N)=O)c(OC)cc12. The zero-order chi connectivity index (χ0) is 25.8. The number of carbonyl (C=O) groups excluding carboxylic acids is 2. The zero-order valence-electron chi connectivity index (χ0n) is 20.1. The molecule has 2 heterocycles. The van der Waals surface area contributed by atoms with Crippen molar-refractivity contribution in [1.82, 2.24) is 10.3 Å². The summed E-state index contributed by atoms with van der Waals surface area (Å²) in [5.41, 5.74) is 7.02. The molecule has 1 aliphatic heterocycles. The maximum absolute atomic E-state index is 14.2. The lowest BCUT2D eigenvalue weighted by molar-refractivity contribution is -0.123. The van der Waals surface area contributed by atoms with Crippen molar-refractivity contribution in [2.75, 3.05) is 20.8 Å². The molecular formula is C27H26FN3O5. The van der Waals surface area contributed by atoms with E-state index in [-0.39, 0.29) is 23.8 Å². The zero-order valence-corrected chi connectivity index (χ0v) is 20.1. The standard InChI is InChI=1S/C27H26FN3O5/c1-4-18-22(31-26(33)24(18)28)14-36-27-20-12-23(35-3)21(25(29)32)11-19(20)16(13-30-27)9-8-15-6-5-7-17(10-15)34-2/h5-7,10-13,18,22,24H,4,14H2,1-3H3,(H2,29,32)(H,31,33)/t18-,22+,24-/m0/s1. The van der Waals surface area contributed by atoms with Crippen LogP contribution in [-0.2, 0) is 4.79 Å². The van der Waals surface area contributed by atoms with Crippen molar-refractivity contribution >= 4 is 22.6 Å². The first-order valence-corrected chi connectivity index (χ1v) is 11.4. The molecule has 3 aromatic rings. The van der Waals surface area contributed by atoms with Gasteiger partial charge in [-0.1, -0.05) is 24.8 Å². The van der Waals surface area contributed by atoms with Crippen LogP contribution in [0.2, 0.25) is 0 Å². The number of methoxy groups -OCH3 is 2. The van der Waals surface area contributed by atoms with Gasteiger partial charge in [-0.05, 0) is 36.8 Å². The summed E-state index contributed by atoms with van der Waals surface area (Å²) in [5, 5.41) is 3.75. The Morgan fingerprint density at radius 2 is 1.97 bits per heavy atom. The van der Waals surface area contributed by atoms with E-state index in [1.807, 2.05) is 25.1 Å². The molecule has 9 heteroatoms. The molecule has 0 spiro atoms. The minimum absolute atomic E-state index is 0.0293. The van der Waals surface area contributed by atoms with Gasteiger partial charge in [0, 0.05) is 28.5 Å². The topological polar surface area (TPSA) is 113 Å². The van der Waals surface area contributed by atoms with Crippen LogP contribution in [0.3, 0.4) is 0 Å². The second kappa shape index (κ2) is 10.5. The maximum atomic E-state index is 14.2. The van der Waals surface area contributed by atoms with Gasteiger partial charge in [-0.3, -0.25) is 9.59 Å². The number of alkyl halides is 1. The summed E-state index contributed by atoms with van der Waals surface area (Å²) in [6.07, 6.45) is 0.446. The number of nitrogens with two attached hydrogens (primary N) is 1. The summed E-state index contributed by atoms with van der Waals surface area (Å²) in [7, 11) is 3.00. The smallest absolute Gasteiger partial charge is 0.255 e. The predicted octanol–water partition coefficient (Wildman–Crippen LogP) is 2.99. The van der Waals surface area contributed by atoms with Crippen molar-refractivity contribution in [3.63, 3.8) is 0 Å². The summed E-state index contributed by atoms with van der Waals surface area (Å²) in [4.78, 5) is 28.3. The van der Waals surface area contributed by atoms with Crippen LogP contribution >= 0.6 is 0 Å². The average molecular weight is 492 g/mol. The number of nitrogens with one attached hydrogen (secondary N) is 1. The van der Waals surface area contributed by atoms with Crippen molar-refractivity contribution in [3.05, 3.63) is 59.3 Å². The van der Waals surface area contributed by atoms with Gasteiger partial charge in [0.15, 0.2) is 6.17 Å². The highest BCUT2D eigenvalue weighted by molar-refractivity contribution is 6.03. The van der Waals surface area contributed by atoms with E-state index in [2.05, 4.69) is 22.1 Å². The highest BCUT2D eigenvalue weighted by atomic mass is 19.1. The lowest BCUT2D eigenvalue weighted by Crippen LogP contribution is -2.34. The van der Waals surface area contributed by atoms with Gasteiger partial charge in [-0.25, -0.2) is 9.37 Å². The van der Waals surface area contributed by atoms with E-state index in [1.165, 1.54) is 13.3 Å². The molecule has 1 aliphatic rings. The quantitative estimate of drug-likeness (QED) is 0.492.